The summed E-state index contributed by atoms with van der Waals surface area (Å²) in [5, 5.41) is 3.67. The molecule has 6 heteroatoms. The first kappa shape index (κ1) is 13.1. The molecule has 1 heterocycles. The number of hydrogen-bond donors (Lipinski definition) is 2. The van der Waals surface area contributed by atoms with E-state index in [1.807, 2.05) is 11.8 Å². The van der Waals surface area contributed by atoms with Gasteiger partial charge < -0.3 is 11.1 Å². The van der Waals surface area contributed by atoms with E-state index in [9.17, 15) is 4.79 Å². The fourth-order valence-corrected chi connectivity index (χ4v) is 3.35. The Kier molecular flexibility index (Phi) is 4.41. The first-order valence-electron chi connectivity index (χ1n) is 6.19. The van der Waals surface area contributed by atoms with Gasteiger partial charge in [0.15, 0.2) is 0 Å². The lowest BCUT2D eigenvalue weighted by Crippen LogP contribution is -2.33. The summed E-state index contributed by atoms with van der Waals surface area (Å²) in [6.07, 6.45) is 6.13. The maximum Gasteiger partial charge on any atom is 0.271 e. The predicted molar refractivity (Wildman–Crippen MR) is 73.5 cm³/mol. The van der Waals surface area contributed by atoms with Gasteiger partial charge in [0.2, 0.25) is 0 Å². The van der Waals surface area contributed by atoms with Crippen LogP contribution in [0.15, 0.2) is 12.4 Å². The minimum absolute atomic E-state index is 0.179. The first-order valence-corrected chi connectivity index (χ1v) is 7.24. The molecule has 0 bridgehead atoms. The zero-order valence-electron chi connectivity index (χ0n) is 10.4. The van der Waals surface area contributed by atoms with E-state index in [2.05, 4.69) is 22.2 Å². The molecular weight excluding hydrogens is 248 g/mol. The minimum atomic E-state index is -0.179. The average Bonchev–Trinajstić information content (AvgIpc) is 2.77. The van der Waals surface area contributed by atoms with E-state index >= 15 is 0 Å². The molecule has 5 nitrogen and oxygen atoms in total. The summed E-state index contributed by atoms with van der Waals surface area (Å²) in [5.74, 6) is 1.22. The molecule has 1 saturated carbocycles. The van der Waals surface area contributed by atoms with Crippen LogP contribution < -0.4 is 11.1 Å². The molecule has 0 aliphatic heterocycles. The summed E-state index contributed by atoms with van der Waals surface area (Å²) in [6.45, 7) is 2.17. The first-order chi connectivity index (χ1) is 8.69. The number of amides is 1. The Labute approximate surface area is 111 Å². The minimum Gasteiger partial charge on any atom is -0.382 e. The van der Waals surface area contributed by atoms with E-state index in [0.29, 0.717) is 10.9 Å². The molecule has 0 saturated heterocycles. The second-order valence-corrected chi connectivity index (χ2v) is 5.97. The van der Waals surface area contributed by atoms with Gasteiger partial charge in [-0.3, -0.25) is 9.78 Å². The number of rotatable bonds is 4. The number of nitrogens with two attached hydrogens (primary N) is 1. The molecule has 2 atom stereocenters. The van der Waals surface area contributed by atoms with Crippen molar-refractivity contribution in [2.45, 2.75) is 37.5 Å². The van der Waals surface area contributed by atoms with Crippen molar-refractivity contribution >= 4 is 23.5 Å². The lowest BCUT2D eigenvalue weighted by molar-refractivity contribution is 0.0932. The molecule has 3 N–H and O–H groups in total. The molecule has 0 radical (unpaired) electrons. The fourth-order valence-electron chi connectivity index (χ4n) is 2.21. The number of nitrogen functional groups attached to an aromatic ring is 1. The van der Waals surface area contributed by atoms with E-state index in [1.54, 1.807) is 0 Å². The second kappa shape index (κ2) is 6.04. The Balaban J connectivity index is 1.89. The molecule has 1 aromatic heterocycles. The van der Waals surface area contributed by atoms with Crippen LogP contribution in [0.1, 0.15) is 36.7 Å². The fraction of sp³-hybridized carbons (Fsp3) is 0.583. The van der Waals surface area contributed by atoms with Crippen LogP contribution in [0.5, 0.6) is 0 Å². The van der Waals surface area contributed by atoms with Crippen LogP contribution in [0.25, 0.3) is 0 Å². The van der Waals surface area contributed by atoms with Gasteiger partial charge in [0, 0.05) is 11.3 Å². The average molecular weight is 266 g/mol. The zero-order chi connectivity index (χ0) is 13.0. The number of nitrogens with zero attached hydrogens (tertiary/aromatic N) is 2. The number of carbonyl (C=O) groups excluding carboxylic acids is 1. The molecule has 0 aromatic carbocycles. The van der Waals surface area contributed by atoms with Gasteiger partial charge in [0.1, 0.15) is 11.5 Å². The Morgan fingerprint density at radius 1 is 1.56 bits per heavy atom. The highest BCUT2D eigenvalue weighted by molar-refractivity contribution is 7.99. The van der Waals surface area contributed by atoms with Gasteiger partial charge in [0.25, 0.3) is 5.91 Å². The van der Waals surface area contributed by atoms with E-state index in [1.165, 1.54) is 18.8 Å². The molecule has 18 heavy (non-hydrogen) atoms. The van der Waals surface area contributed by atoms with Crippen molar-refractivity contribution in [1.29, 1.82) is 0 Å². The second-order valence-electron chi connectivity index (χ2n) is 4.39. The largest absolute Gasteiger partial charge is 0.382 e. The smallest absolute Gasteiger partial charge is 0.271 e. The Bertz CT molecular complexity index is 426. The molecule has 0 spiro atoms. The molecule has 98 valence electrons. The maximum absolute atomic E-state index is 11.9. The highest BCUT2D eigenvalue weighted by Crippen LogP contribution is 2.29. The SMILES string of the molecule is CCSC1CCC(NC(=O)c2cncc(N)n2)C1. The summed E-state index contributed by atoms with van der Waals surface area (Å²) < 4.78 is 0. The Morgan fingerprint density at radius 3 is 3.11 bits per heavy atom. The Morgan fingerprint density at radius 2 is 2.39 bits per heavy atom. The number of nitrogens with one attached hydrogen (secondary N) is 1. The lowest BCUT2D eigenvalue weighted by atomic mass is 10.2. The highest BCUT2D eigenvalue weighted by atomic mass is 32.2. The van der Waals surface area contributed by atoms with E-state index in [-0.39, 0.29) is 17.8 Å². The van der Waals surface area contributed by atoms with Crippen molar-refractivity contribution in [3.8, 4) is 0 Å². The molecule has 1 fully saturated rings. The van der Waals surface area contributed by atoms with E-state index in [0.717, 1.165) is 18.6 Å². The summed E-state index contributed by atoms with van der Waals surface area (Å²) in [6, 6.07) is 0.254. The van der Waals surface area contributed by atoms with Gasteiger partial charge in [-0.05, 0) is 25.0 Å². The monoisotopic (exact) mass is 266 g/mol. The van der Waals surface area contributed by atoms with Gasteiger partial charge in [-0.2, -0.15) is 11.8 Å². The number of anilines is 1. The van der Waals surface area contributed by atoms with Crippen molar-refractivity contribution in [2.24, 2.45) is 0 Å². The third-order valence-corrected chi connectivity index (χ3v) is 4.24. The molecule has 1 aromatic rings. The van der Waals surface area contributed by atoms with Gasteiger partial charge in [0.05, 0.1) is 12.4 Å². The molecule has 2 rings (SSSR count). The van der Waals surface area contributed by atoms with Gasteiger partial charge >= 0.3 is 0 Å². The molecule has 1 aliphatic carbocycles. The lowest BCUT2D eigenvalue weighted by Gasteiger charge is -2.12. The number of hydrogen-bond acceptors (Lipinski definition) is 5. The Hall–Kier alpha value is -1.30. The quantitative estimate of drug-likeness (QED) is 0.862. The van der Waals surface area contributed by atoms with Crippen LogP contribution in [-0.4, -0.2) is 32.9 Å². The summed E-state index contributed by atoms with van der Waals surface area (Å²) in [4.78, 5) is 19.8. The molecule has 2 unspecified atom stereocenters. The summed E-state index contributed by atoms with van der Waals surface area (Å²) >= 11 is 1.97. The van der Waals surface area contributed by atoms with Crippen molar-refractivity contribution in [1.82, 2.24) is 15.3 Å². The van der Waals surface area contributed by atoms with Crippen molar-refractivity contribution in [2.75, 3.05) is 11.5 Å². The molecular formula is C12H18N4OS. The van der Waals surface area contributed by atoms with Crippen LogP contribution >= 0.6 is 11.8 Å². The van der Waals surface area contributed by atoms with E-state index < -0.39 is 0 Å². The number of aromatic nitrogens is 2. The summed E-state index contributed by atoms with van der Waals surface area (Å²) in [5.41, 5.74) is 5.80. The van der Waals surface area contributed by atoms with Crippen molar-refractivity contribution in [3.63, 3.8) is 0 Å². The van der Waals surface area contributed by atoms with Gasteiger partial charge in [-0.25, -0.2) is 4.98 Å². The number of carbonyl (C=O) groups is 1. The van der Waals surface area contributed by atoms with Crippen LogP contribution in [0.4, 0.5) is 5.82 Å². The highest BCUT2D eigenvalue weighted by Gasteiger charge is 2.26. The topological polar surface area (TPSA) is 80.9 Å². The third-order valence-electron chi connectivity index (χ3n) is 3.01. The molecule has 1 aliphatic rings. The van der Waals surface area contributed by atoms with Gasteiger partial charge in [-0.15, -0.1) is 0 Å². The molecule has 1 amide bonds. The zero-order valence-corrected chi connectivity index (χ0v) is 11.2. The van der Waals surface area contributed by atoms with Crippen LogP contribution in [0, 0.1) is 0 Å². The maximum atomic E-state index is 11.9. The van der Waals surface area contributed by atoms with Gasteiger partial charge in [-0.1, -0.05) is 6.92 Å². The standard InChI is InChI=1S/C12H18N4OS/c1-2-18-9-4-3-8(5-9)15-12(17)10-6-14-7-11(13)16-10/h6-9H,2-5H2,1H3,(H2,13,16)(H,15,17). The van der Waals surface area contributed by atoms with Crippen LogP contribution in [-0.2, 0) is 0 Å². The third kappa shape index (κ3) is 3.35. The van der Waals surface area contributed by atoms with Crippen molar-refractivity contribution in [3.05, 3.63) is 18.1 Å². The van der Waals surface area contributed by atoms with Crippen LogP contribution in [0.3, 0.4) is 0 Å². The number of thioether (sulfide) groups is 1. The normalized spacial score (nSPS) is 22.9. The summed E-state index contributed by atoms with van der Waals surface area (Å²) in [7, 11) is 0. The van der Waals surface area contributed by atoms with Crippen LogP contribution in [0.2, 0.25) is 0 Å². The predicted octanol–water partition coefficient (Wildman–Crippen LogP) is 1.46. The van der Waals surface area contributed by atoms with E-state index in [4.69, 9.17) is 5.73 Å². The van der Waals surface area contributed by atoms with Crippen molar-refractivity contribution < 1.29 is 4.79 Å².